The Morgan fingerprint density at radius 2 is 1.19 bits per heavy atom. The molecule has 0 saturated carbocycles. The molecule has 0 aliphatic heterocycles. The van der Waals surface area contributed by atoms with Crippen LogP contribution in [0.1, 0.15) is 12.5 Å². The summed E-state index contributed by atoms with van der Waals surface area (Å²) in [5.74, 6) is 0. The van der Waals surface area contributed by atoms with Crippen molar-refractivity contribution in [2.24, 2.45) is 20.4 Å². The first-order valence-corrected chi connectivity index (χ1v) is 17.6. The molecule has 4 rings (SSSR count). The Balaban J connectivity index is 0.00000600. The van der Waals surface area contributed by atoms with Gasteiger partial charge in [0.25, 0.3) is 0 Å². The van der Waals surface area contributed by atoms with E-state index < -0.39 is 7.26 Å². The van der Waals surface area contributed by atoms with Crippen molar-refractivity contribution in [2.75, 3.05) is 45.5 Å². The van der Waals surface area contributed by atoms with E-state index in [9.17, 15) is 0 Å². The molecule has 0 bridgehead atoms. The summed E-state index contributed by atoms with van der Waals surface area (Å²) in [5.41, 5.74) is 2.98. The van der Waals surface area contributed by atoms with Crippen LogP contribution in [0.2, 0.25) is 0 Å². The summed E-state index contributed by atoms with van der Waals surface area (Å²) in [4.78, 5) is 2.03. The van der Waals surface area contributed by atoms with Gasteiger partial charge in [0.1, 0.15) is 28.9 Å². The molecule has 12 heteroatoms. The van der Waals surface area contributed by atoms with E-state index in [1.807, 2.05) is 50.2 Å². The van der Waals surface area contributed by atoms with Gasteiger partial charge in [0.05, 0.1) is 12.3 Å². The van der Waals surface area contributed by atoms with Gasteiger partial charge in [-0.1, -0.05) is 66.7 Å². The summed E-state index contributed by atoms with van der Waals surface area (Å²) in [6, 6.07) is 39.9. The average Bonchev–Trinajstić information content (AvgIpc) is 3.10. The first-order chi connectivity index (χ1) is 22.3. The summed E-state index contributed by atoms with van der Waals surface area (Å²) < 4.78 is 6.42. The van der Waals surface area contributed by atoms with Gasteiger partial charge in [-0.2, -0.15) is 15.3 Å². The third kappa shape index (κ3) is 10.4. The first-order valence-electron chi connectivity index (χ1n) is 14.8. The van der Waals surface area contributed by atoms with Crippen LogP contribution in [0, 0.1) is 0 Å². The third-order valence-corrected chi connectivity index (χ3v) is 11.8. The zero-order valence-corrected chi connectivity index (χ0v) is 30.3. The molecule has 4 aromatic rings. The Kier molecular flexibility index (Phi) is 15.4. The topological polar surface area (TPSA) is 86.0 Å². The van der Waals surface area contributed by atoms with Crippen LogP contribution in [0.15, 0.2) is 136 Å². The Labute approximate surface area is 300 Å². The summed E-state index contributed by atoms with van der Waals surface area (Å²) >= 11 is 10.6. The summed E-state index contributed by atoms with van der Waals surface area (Å²) in [5, 5.41) is 27.3. The quantitative estimate of drug-likeness (QED) is 0.0404. The van der Waals surface area contributed by atoms with Crippen LogP contribution in [-0.4, -0.2) is 62.4 Å². The molecule has 0 atom stereocenters. The van der Waals surface area contributed by atoms with E-state index >= 15 is 0 Å². The maximum absolute atomic E-state index is 6.42. The van der Waals surface area contributed by atoms with Crippen molar-refractivity contribution in [1.29, 1.82) is 0 Å². The van der Waals surface area contributed by atoms with Crippen molar-refractivity contribution < 1.29 is 21.8 Å². The molecule has 4 aromatic carbocycles. The fourth-order valence-electron chi connectivity index (χ4n) is 4.75. The largest absolute Gasteiger partial charge is 2.00 e. The van der Waals surface area contributed by atoms with E-state index in [0.29, 0.717) is 30.9 Å². The van der Waals surface area contributed by atoms with Crippen LogP contribution in [0.5, 0.6) is 0 Å². The molecule has 2 N–H and O–H groups in total. The monoisotopic (exact) mass is 731 g/mol. The molecule has 8 nitrogen and oxygen atoms in total. The second-order valence-electron chi connectivity index (χ2n) is 10.4. The fraction of sp³-hybridized carbons (Fsp3) is 0.200. The molecule has 0 amide bonds. The minimum absolute atomic E-state index is 0. The fourth-order valence-corrected chi connectivity index (χ4v) is 8.73. The van der Waals surface area contributed by atoms with Crippen LogP contribution >= 0.6 is 7.26 Å². The van der Waals surface area contributed by atoms with E-state index in [1.54, 1.807) is 7.05 Å². The zero-order chi connectivity index (χ0) is 32.8. The average molecular weight is 732 g/mol. The number of ether oxygens (including phenoxy) is 1. The van der Waals surface area contributed by atoms with Crippen LogP contribution in [0.4, 0.5) is 5.69 Å². The van der Waals surface area contributed by atoms with Crippen LogP contribution in [-0.2, 0) is 47.1 Å². The van der Waals surface area contributed by atoms with Gasteiger partial charge in [0.2, 0.25) is 0 Å². The third-order valence-electron chi connectivity index (χ3n) is 7.14. The molecule has 0 spiro atoms. The molecule has 1 radical (unpaired) electrons. The number of nitrogens with zero attached hydrogens (tertiary/aromatic N) is 5. The van der Waals surface area contributed by atoms with Gasteiger partial charge in [0.15, 0.2) is 6.35 Å². The number of amidine groups is 2. The Hall–Kier alpha value is -3.69. The Bertz CT molecular complexity index is 1560. The number of anilines is 1. The minimum atomic E-state index is -2.07. The molecule has 0 fully saturated rings. The van der Waals surface area contributed by atoms with Gasteiger partial charge < -0.3 is 45.5 Å². The van der Waals surface area contributed by atoms with Gasteiger partial charge in [-0.3, -0.25) is 0 Å². The number of nitrogens with one attached hydrogen (secondary N) is 2. The van der Waals surface area contributed by atoms with E-state index in [4.69, 9.17) is 30.0 Å². The number of hydrogen-bond acceptors (Lipinski definition) is 8. The molecule has 47 heavy (non-hydrogen) atoms. The van der Waals surface area contributed by atoms with E-state index in [-0.39, 0.29) is 27.4 Å². The van der Waals surface area contributed by atoms with Gasteiger partial charge in [-0.15, -0.1) is 5.10 Å². The van der Waals surface area contributed by atoms with E-state index in [2.05, 4.69) is 122 Å². The van der Waals surface area contributed by atoms with Gasteiger partial charge in [-0.25, -0.2) is 0 Å². The molecule has 247 valence electrons. The predicted octanol–water partition coefficient (Wildman–Crippen LogP) is 4.41. The van der Waals surface area contributed by atoms with E-state index in [1.165, 1.54) is 15.9 Å². The molecular weight excluding hydrogens is 693 g/mol. The second-order valence-corrected chi connectivity index (χ2v) is 14.6. The smallest absolute Gasteiger partial charge is 0.741 e. The molecule has 0 aromatic heterocycles. The number of rotatable bonds is 13. The number of benzene rings is 4. The SMILES string of the molecule is CN/C([S-])=N/N=C(/C(C)=N/N=C(\[S-])NCCOC[P+](c1ccccc1)(c1ccccc1)c1ccccc1)c1ccc(N(C)C)cc1.[Cu+2]. The summed E-state index contributed by atoms with van der Waals surface area (Å²) in [6.07, 6.45) is 0.554. The van der Waals surface area contributed by atoms with Crippen molar-refractivity contribution in [2.45, 2.75) is 6.92 Å². The standard InChI is InChI=1S/C35H40N7OPS2.Cu/c1-27(33(39-40-34(45)36-2)28-20-22-29(23-21-28)42(3)4)38-41-35(46)37-24-25-43-26-44(30-14-8-5-9-15-30,31-16-10-6-11-17-31)32-18-12-7-13-19-32;/h5-23H,24-26H2,1-4H3,(H3-,36,37,38,39,40,41,45,46);/q;+2/p-1. The summed E-state index contributed by atoms with van der Waals surface area (Å²) in [7, 11) is 3.60. The molecule has 0 aliphatic rings. The number of hydrogen-bond donors (Lipinski definition) is 2. The first kappa shape index (κ1) is 37.8. The van der Waals surface area contributed by atoms with Gasteiger partial charge in [0, 0.05) is 38.9 Å². The van der Waals surface area contributed by atoms with Crippen molar-refractivity contribution in [1.82, 2.24) is 10.6 Å². The van der Waals surface area contributed by atoms with Crippen molar-refractivity contribution in [3.63, 3.8) is 0 Å². The molecule has 0 saturated heterocycles. The molecule has 0 unspecified atom stereocenters. The molecular formula is C35H39CuN7OPS2+. The molecule has 0 heterocycles. The normalized spacial score (nSPS) is 12.7. The van der Waals surface area contributed by atoms with Gasteiger partial charge >= 0.3 is 17.1 Å². The second kappa shape index (κ2) is 19.2. The Morgan fingerprint density at radius 1 is 0.702 bits per heavy atom. The molecule has 0 aliphatic carbocycles. The Morgan fingerprint density at radius 3 is 1.66 bits per heavy atom. The minimum Gasteiger partial charge on any atom is -0.741 e. The van der Waals surface area contributed by atoms with Gasteiger partial charge in [-0.05, 0) is 65.8 Å². The van der Waals surface area contributed by atoms with Crippen LogP contribution in [0.25, 0.3) is 0 Å². The predicted molar refractivity (Wildman–Crippen MR) is 203 cm³/mol. The van der Waals surface area contributed by atoms with Crippen LogP contribution in [0.3, 0.4) is 0 Å². The van der Waals surface area contributed by atoms with Crippen molar-refractivity contribution >= 4 is 75.9 Å². The summed E-state index contributed by atoms with van der Waals surface area (Å²) in [6.45, 7) is 2.73. The zero-order valence-electron chi connectivity index (χ0n) is 26.8. The maximum atomic E-state index is 6.42. The van der Waals surface area contributed by atoms with E-state index in [0.717, 1.165) is 11.3 Å². The maximum Gasteiger partial charge on any atom is 2.00 e. The van der Waals surface area contributed by atoms with Crippen LogP contribution < -0.4 is 31.4 Å². The van der Waals surface area contributed by atoms with Crippen molar-refractivity contribution in [3.8, 4) is 0 Å². The van der Waals surface area contributed by atoms with Crippen molar-refractivity contribution in [3.05, 3.63) is 121 Å².